The summed E-state index contributed by atoms with van der Waals surface area (Å²) in [4.78, 5) is 28.0. The number of anilines is 1. The number of ether oxygens (including phenoxy) is 1. The van der Waals surface area contributed by atoms with E-state index in [2.05, 4.69) is 10.2 Å². The molecule has 0 spiro atoms. The van der Waals surface area contributed by atoms with Crippen LogP contribution in [-0.4, -0.2) is 62.7 Å². The molecule has 2 amide bonds. The molecule has 25 heavy (non-hydrogen) atoms. The molecule has 6 heteroatoms. The van der Waals surface area contributed by atoms with E-state index < -0.39 is 0 Å². The van der Waals surface area contributed by atoms with Gasteiger partial charge in [0.1, 0.15) is 0 Å². The molecular weight excluding hydrogens is 318 g/mol. The molecule has 0 unspecified atom stereocenters. The Balaban J connectivity index is 1.36. The summed E-state index contributed by atoms with van der Waals surface area (Å²) >= 11 is 0. The van der Waals surface area contributed by atoms with Gasteiger partial charge in [0.15, 0.2) is 0 Å². The van der Waals surface area contributed by atoms with Gasteiger partial charge in [-0.05, 0) is 37.1 Å². The molecule has 1 N–H and O–H groups in total. The van der Waals surface area contributed by atoms with E-state index in [1.807, 2.05) is 29.2 Å². The minimum atomic E-state index is 0.0481. The highest BCUT2D eigenvalue weighted by Crippen LogP contribution is 2.21. The Bertz CT molecular complexity index is 582. The van der Waals surface area contributed by atoms with Crippen LogP contribution in [-0.2, 0) is 20.7 Å². The van der Waals surface area contributed by atoms with E-state index in [1.54, 1.807) is 0 Å². The topological polar surface area (TPSA) is 61.9 Å². The number of carbonyl (C=O) groups is 2. The zero-order valence-corrected chi connectivity index (χ0v) is 14.7. The molecule has 1 aromatic rings. The molecule has 2 saturated heterocycles. The molecule has 6 nitrogen and oxygen atoms in total. The third-order valence-corrected chi connectivity index (χ3v) is 4.76. The van der Waals surface area contributed by atoms with Gasteiger partial charge in [0.2, 0.25) is 11.8 Å². The molecule has 136 valence electrons. The second kappa shape index (κ2) is 8.97. The quantitative estimate of drug-likeness (QED) is 0.754. The van der Waals surface area contributed by atoms with Crippen LogP contribution in [0.15, 0.2) is 24.3 Å². The van der Waals surface area contributed by atoms with Crippen molar-refractivity contribution in [1.82, 2.24) is 10.2 Å². The van der Waals surface area contributed by atoms with Gasteiger partial charge in [0, 0.05) is 38.3 Å². The van der Waals surface area contributed by atoms with Gasteiger partial charge >= 0.3 is 0 Å². The Kier molecular flexibility index (Phi) is 6.42. The first-order valence-corrected chi connectivity index (χ1v) is 9.18. The Labute approximate surface area is 149 Å². The van der Waals surface area contributed by atoms with Crippen molar-refractivity contribution in [3.63, 3.8) is 0 Å². The first-order valence-electron chi connectivity index (χ1n) is 9.18. The highest BCUT2D eigenvalue weighted by atomic mass is 16.5. The Morgan fingerprint density at radius 3 is 2.56 bits per heavy atom. The van der Waals surface area contributed by atoms with Gasteiger partial charge in [-0.3, -0.25) is 14.5 Å². The zero-order chi connectivity index (χ0) is 17.5. The van der Waals surface area contributed by atoms with Gasteiger partial charge in [-0.1, -0.05) is 12.1 Å². The number of hydrogen-bond acceptors (Lipinski definition) is 4. The molecule has 0 aliphatic carbocycles. The molecule has 1 aromatic carbocycles. The molecule has 2 aliphatic heterocycles. The summed E-state index contributed by atoms with van der Waals surface area (Å²) in [6.07, 6.45) is 2.90. The van der Waals surface area contributed by atoms with Crippen molar-refractivity contribution in [2.75, 3.05) is 50.8 Å². The maximum absolute atomic E-state index is 12.0. The second-order valence-electron chi connectivity index (χ2n) is 6.65. The number of morpholine rings is 1. The first kappa shape index (κ1) is 17.9. The largest absolute Gasteiger partial charge is 0.379 e. The van der Waals surface area contributed by atoms with Crippen LogP contribution >= 0.6 is 0 Å². The number of nitrogens with zero attached hydrogens (tertiary/aromatic N) is 2. The fraction of sp³-hybridized carbons (Fsp3) is 0.579. The fourth-order valence-electron chi connectivity index (χ4n) is 3.32. The van der Waals surface area contributed by atoms with Gasteiger partial charge < -0.3 is 15.0 Å². The van der Waals surface area contributed by atoms with Crippen LogP contribution in [0.4, 0.5) is 5.69 Å². The Hall–Kier alpha value is -1.92. The van der Waals surface area contributed by atoms with E-state index in [-0.39, 0.29) is 11.8 Å². The number of hydrogen-bond donors (Lipinski definition) is 1. The second-order valence-corrected chi connectivity index (χ2v) is 6.65. The minimum Gasteiger partial charge on any atom is -0.379 e. The molecule has 2 heterocycles. The summed E-state index contributed by atoms with van der Waals surface area (Å²) < 4.78 is 5.32. The summed E-state index contributed by atoms with van der Waals surface area (Å²) in [7, 11) is 0. The third kappa shape index (κ3) is 5.28. The molecule has 2 aliphatic rings. The van der Waals surface area contributed by atoms with E-state index >= 15 is 0 Å². The Morgan fingerprint density at radius 1 is 1.12 bits per heavy atom. The van der Waals surface area contributed by atoms with Crippen molar-refractivity contribution in [2.45, 2.75) is 25.7 Å². The smallest absolute Gasteiger partial charge is 0.227 e. The summed E-state index contributed by atoms with van der Waals surface area (Å²) in [5.41, 5.74) is 1.90. The maximum Gasteiger partial charge on any atom is 0.227 e. The van der Waals surface area contributed by atoms with E-state index in [1.165, 1.54) is 0 Å². The van der Waals surface area contributed by atoms with Gasteiger partial charge in [-0.25, -0.2) is 0 Å². The van der Waals surface area contributed by atoms with Gasteiger partial charge in [-0.2, -0.15) is 0 Å². The lowest BCUT2D eigenvalue weighted by molar-refractivity contribution is -0.120. The van der Waals surface area contributed by atoms with Crippen molar-refractivity contribution in [2.24, 2.45) is 0 Å². The van der Waals surface area contributed by atoms with Crippen LogP contribution in [0, 0.1) is 0 Å². The number of amides is 2. The van der Waals surface area contributed by atoms with Crippen LogP contribution in [0.3, 0.4) is 0 Å². The lowest BCUT2D eigenvalue weighted by Crippen LogP contribution is -2.38. The van der Waals surface area contributed by atoms with Gasteiger partial charge in [-0.15, -0.1) is 0 Å². The highest BCUT2D eigenvalue weighted by Gasteiger charge is 2.21. The van der Waals surface area contributed by atoms with Crippen LogP contribution < -0.4 is 10.2 Å². The number of carbonyl (C=O) groups excluding carboxylic acids is 2. The van der Waals surface area contributed by atoms with Crippen molar-refractivity contribution in [3.05, 3.63) is 29.8 Å². The van der Waals surface area contributed by atoms with E-state index in [0.29, 0.717) is 19.4 Å². The SMILES string of the molecule is O=C(Cc1ccc(N2CCCC2=O)cc1)NCCCN1CCOCC1. The molecule has 0 aromatic heterocycles. The van der Waals surface area contributed by atoms with Crippen LogP contribution in [0.1, 0.15) is 24.8 Å². The van der Waals surface area contributed by atoms with Gasteiger partial charge in [0.25, 0.3) is 0 Å². The van der Waals surface area contributed by atoms with Crippen LogP contribution in [0.2, 0.25) is 0 Å². The van der Waals surface area contributed by atoms with Crippen molar-refractivity contribution in [1.29, 1.82) is 0 Å². The summed E-state index contributed by atoms with van der Waals surface area (Å²) in [5.74, 6) is 0.234. The lowest BCUT2D eigenvalue weighted by atomic mass is 10.1. The van der Waals surface area contributed by atoms with E-state index in [9.17, 15) is 9.59 Å². The summed E-state index contributed by atoms with van der Waals surface area (Å²) in [6, 6.07) is 7.75. The average Bonchev–Trinajstić information content (AvgIpc) is 3.06. The predicted octanol–water partition coefficient (Wildman–Crippen LogP) is 1.19. The standard InChI is InChI=1S/C19H27N3O3/c23-18(20-8-2-9-21-11-13-25-14-12-21)15-16-4-6-17(7-5-16)22-10-1-3-19(22)24/h4-7H,1-3,8-15H2,(H,20,23). The predicted molar refractivity (Wildman–Crippen MR) is 96.6 cm³/mol. The molecule has 0 saturated carbocycles. The molecule has 0 atom stereocenters. The summed E-state index contributed by atoms with van der Waals surface area (Å²) in [5, 5.41) is 2.99. The van der Waals surface area contributed by atoms with Crippen LogP contribution in [0.5, 0.6) is 0 Å². The Morgan fingerprint density at radius 2 is 1.88 bits per heavy atom. The summed E-state index contributed by atoms with van der Waals surface area (Å²) in [6.45, 7) is 6.09. The van der Waals surface area contributed by atoms with E-state index in [4.69, 9.17) is 4.74 Å². The minimum absolute atomic E-state index is 0.0481. The van der Waals surface area contributed by atoms with E-state index in [0.717, 1.165) is 63.5 Å². The highest BCUT2D eigenvalue weighted by molar-refractivity contribution is 5.95. The average molecular weight is 345 g/mol. The normalized spacial score (nSPS) is 18.6. The van der Waals surface area contributed by atoms with Crippen molar-refractivity contribution in [3.8, 4) is 0 Å². The number of rotatable bonds is 7. The van der Waals surface area contributed by atoms with Gasteiger partial charge in [0.05, 0.1) is 19.6 Å². The molecule has 0 radical (unpaired) electrons. The van der Waals surface area contributed by atoms with Crippen molar-refractivity contribution < 1.29 is 14.3 Å². The molecule has 2 fully saturated rings. The monoisotopic (exact) mass is 345 g/mol. The first-order chi connectivity index (χ1) is 12.2. The third-order valence-electron chi connectivity index (χ3n) is 4.76. The number of nitrogens with one attached hydrogen (secondary N) is 1. The lowest BCUT2D eigenvalue weighted by Gasteiger charge is -2.26. The maximum atomic E-state index is 12.0. The molecule has 3 rings (SSSR count). The fourth-order valence-corrected chi connectivity index (χ4v) is 3.32. The molecule has 0 bridgehead atoms. The van der Waals surface area contributed by atoms with Crippen molar-refractivity contribution >= 4 is 17.5 Å². The molecular formula is C19H27N3O3. The van der Waals surface area contributed by atoms with Crippen LogP contribution in [0.25, 0.3) is 0 Å². The zero-order valence-electron chi connectivity index (χ0n) is 14.7. The number of benzene rings is 1.